The van der Waals surface area contributed by atoms with Gasteiger partial charge in [-0.05, 0) is 55.0 Å². The monoisotopic (exact) mass is 551 g/mol. The molecule has 2 atom stereocenters. The summed E-state index contributed by atoms with van der Waals surface area (Å²) in [6.07, 6.45) is 6.26. The second kappa shape index (κ2) is 11.3. The number of anilines is 2. The summed E-state index contributed by atoms with van der Waals surface area (Å²) in [5, 5.41) is 2.99. The van der Waals surface area contributed by atoms with Crippen LogP contribution in [-0.4, -0.2) is 47.8 Å². The summed E-state index contributed by atoms with van der Waals surface area (Å²) in [5.74, 6) is -1.16. The van der Waals surface area contributed by atoms with Crippen molar-refractivity contribution in [3.05, 3.63) is 96.1 Å². The molecule has 208 valence electrons. The van der Waals surface area contributed by atoms with E-state index in [9.17, 15) is 19.2 Å². The van der Waals surface area contributed by atoms with Crippen LogP contribution in [-0.2, 0) is 20.9 Å². The molecule has 0 fully saturated rings. The van der Waals surface area contributed by atoms with Crippen LogP contribution in [0.5, 0.6) is 11.5 Å². The lowest BCUT2D eigenvalue weighted by atomic mass is 9.85. The van der Waals surface area contributed by atoms with E-state index in [1.165, 1.54) is 4.90 Å². The summed E-state index contributed by atoms with van der Waals surface area (Å²) in [6, 6.07) is 20.4. The van der Waals surface area contributed by atoms with Crippen LogP contribution < -0.4 is 19.7 Å². The molecular weight excluding hydrogens is 522 g/mol. The zero-order valence-electron chi connectivity index (χ0n) is 22.3. The highest BCUT2D eigenvalue weighted by Crippen LogP contribution is 2.35. The zero-order chi connectivity index (χ0) is 28.3. The minimum atomic E-state index is -0.832. The largest absolute Gasteiger partial charge is 0.454 e. The number of Topliss-reactive ketones (excluding diaryl/α,β-unsaturated/α-hetero) is 1. The molecule has 3 aromatic rings. The number of ketones is 1. The predicted molar refractivity (Wildman–Crippen MR) is 152 cm³/mol. The summed E-state index contributed by atoms with van der Waals surface area (Å²) in [5.41, 5.74) is 2.04. The third-order valence-electron chi connectivity index (χ3n) is 7.69. The molecule has 0 saturated carbocycles. The highest BCUT2D eigenvalue weighted by molar-refractivity contribution is 6.52. The molecule has 9 nitrogen and oxygen atoms in total. The van der Waals surface area contributed by atoms with Crippen molar-refractivity contribution >= 4 is 34.9 Å². The van der Waals surface area contributed by atoms with Gasteiger partial charge in [0.2, 0.25) is 18.6 Å². The molecule has 0 aromatic heterocycles. The SMILES string of the molecule is O=C1C(=O)N(CC(=O)N(Cc2ccccc2)[C@H](C(=O)Nc2ccc3c(c2)OCO3)[C@@H]2CC=CCC2)c2ccccc21. The van der Waals surface area contributed by atoms with Crippen LogP contribution in [0.1, 0.15) is 35.2 Å². The summed E-state index contributed by atoms with van der Waals surface area (Å²) >= 11 is 0. The number of ether oxygens (including phenoxy) is 2. The Bertz CT molecular complexity index is 1540. The van der Waals surface area contributed by atoms with Crippen LogP contribution in [0.15, 0.2) is 84.9 Å². The first-order valence-electron chi connectivity index (χ1n) is 13.6. The number of benzene rings is 3. The standard InChI is InChI=1S/C32H29N3O6/c36-28(19-34-25-14-8-7-13-24(25)30(37)32(34)39)35(18-21-9-3-1-4-10-21)29(22-11-5-2-6-12-22)31(38)33-23-15-16-26-27(17-23)41-20-40-26/h1-5,7-10,13-17,22,29H,6,11-12,18-20H2,(H,33,38)/t22-,29+/m1/s1. The maximum absolute atomic E-state index is 14.1. The van der Waals surface area contributed by atoms with Crippen molar-refractivity contribution in [1.29, 1.82) is 0 Å². The van der Waals surface area contributed by atoms with E-state index in [-0.39, 0.29) is 37.3 Å². The van der Waals surface area contributed by atoms with Crippen LogP contribution >= 0.6 is 0 Å². The smallest absolute Gasteiger partial charge is 0.299 e. The van der Waals surface area contributed by atoms with Crippen LogP contribution in [0.2, 0.25) is 0 Å². The molecule has 3 aliphatic rings. The Balaban J connectivity index is 1.33. The van der Waals surface area contributed by atoms with Gasteiger partial charge in [0, 0.05) is 18.3 Å². The average molecular weight is 552 g/mol. The molecule has 3 amide bonds. The maximum atomic E-state index is 14.1. The third kappa shape index (κ3) is 5.30. The Kier molecular flexibility index (Phi) is 7.24. The van der Waals surface area contributed by atoms with Gasteiger partial charge in [-0.15, -0.1) is 0 Å². The van der Waals surface area contributed by atoms with E-state index in [0.29, 0.717) is 29.3 Å². The minimum Gasteiger partial charge on any atom is -0.454 e. The van der Waals surface area contributed by atoms with Gasteiger partial charge in [-0.3, -0.25) is 24.1 Å². The number of hydrogen-bond donors (Lipinski definition) is 1. The second-order valence-electron chi connectivity index (χ2n) is 10.3. The molecule has 1 N–H and O–H groups in total. The number of fused-ring (bicyclic) bond motifs is 2. The topological polar surface area (TPSA) is 105 Å². The van der Waals surface area contributed by atoms with Crippen molar-refractivity contribution in [3.8, 4) is 11.5 Å². The average Bonchev–Trinajstić information content (AvgIpc) is 3.56. The number of nitrogens with one attached hydrogen (secondary N) is 1. The summed E-state index contributed by atoms with van der Waals surface area (Å²) < 4.78 is 10.9. The van der Waals surface area contributed by atoms with E-state index in [2.05, 4.69) is 11.4 Å². The fourth-order valence-electron chi connectivity index (χ4n) is 5.66. The summed E-state index contributed by atoms with van der Waals surface area (Å²) in [7, 11) is 0. The van der Waals surface area contributed by atoms with Crippen molar-refractivity contribution in [1.82, 2.24) is 4.90 Å². The summed E-state index contributed by atoms with van der Waals surface area (Å²) in [6.45, 7) is -0.0779. The second-order valence-corrected chi connectivity index (χ2v) is 10.3. The maximum Gasteiger partial charge on any atom is 0.299 e. The van der Waals surface area contributed by atoms with Gasteiger partial charge < -0.3 is 19.7 Å². The molecule has 1 aliphatic carbocycles. The fourth-order valence-corrected chi connectivity index (χ4v) is 5.66. The van der Waals surface area contributed by atoms with Gasteiger partial charge in [0.05, 0.1) is 11.3 Å². The zero-order valence-corrected chi connectivity index (χ0v) is 22.3. The normalized spacial score (nSPS) is 17.8. The molecule has 0 radical (unpaired) electrons. The number of rotatable bonds is 8. The molecule has 0 unspecified atom stereocenters. The van der Waals surface area contributed by atoms with Crippen molar-refractivity contribution in [2.24, 2.45) is 5.92 Å². The van der Waals surface area contributed by atoms with Gasteiger partial charge in [-0.2, -0.15) is 0 Å². The number of hydrogen-bond acceptors (Lipinski definition) is 6. The van der Waals surface area contributed by atoms with Crippen LogP contribution in [0.25, 0.3) is 0 Å². The van der Waals surface area contributed by atoms with Gasteiger partial charge in [0.15, 0.2) is 11.5 Å². The molecule has 0 bridgehead atoms. The number of carbonyl (C=O) groups excluding carboxylic acids is 4. The third-order valence-corrected chi connectivity index (χ3v) is 7.69. The van der Waals surface area contributed by atoms with Gasteiger partial charge in [0.25, 0.3) is 11.7 Å². The van der Waals surface area contributed by atoms with E-state index in [1.54, 1.807) is 47.4 Å². The van der Waals surface area contributed by atoms with Gasteiger partial charge in [-0.25, -0.2) is 0 Å². The lowest BCUT2D eigenvalue weighted by molar-refractivity contribution is -0.140. The first kappa shape index (κ1) is 26.3. The van der Waals surface area contributed by atoms with Crippen molar-refractivity contribution in [3.63, 3.8) is 0 Å². The lowest BCUT2D eigenvalue weighted by Crippen LogP contribution is -2.54. The fraction of sp³-hybridized carbons (Fsp3) is 0.250. The quantitative estimate of drug-likeness (QED) is 0.330. The number of para-hydroxylation sites is 1. The van der Waals surface area contributed by atoms with Crippen molar-refractivity contribution < 1.29 is 28.7 Å². The van der Waals surface area contributed by atoms with Gasteiger partial charge >= 0.3 is 0 Å². The van der Waals surface area contributed by atoms with Crippen molar-refractivity contribution in [2.75, 3.05) is 23.6 Å². The molecule has 9 heteroatoms. The number of carbonyl (C=O) groups is 4. The van der Waals surface area contributed by atoms with Crippen LogP contribution in [0, 0.1) is 5.92 Å². The first-order valence-corrected chi connectivity index (χ1v) is 13.6. The Morgan fingerprint density at radius 3 is 2.54 bits per heavy atom. The number of allylic oxidation sites excluding steroid dienone is 2. The van der Waals surface area contributed by atoms with E-state index in [1.807, 2.05) is 36.4 Å². The highest BCUT2D eigenvalue weighted by Gasteiger charge is 2.41. The van der Waals surface area contributed by atoms with E-state index in [0.717, 1.165) is 18.4 Å². The molecule has 6 rings (SSSR count). The Labute approximate surface area is 237 Å². The van der Waals surface area contributed by atoms with Crippen LogP contribution in [0.3, 0.4) is 0 Å². The Hall–Kier alpha value is -4.92. The van der Waals surface area contributed by atoms with Crippen LogP contribution in [0.4, 0.5) is 11.4 Å². The van der Waals surface area contributed by atoms with E-state index in [4.69, 9.17) is 9.47 Å². The molecule has 0 spiro atoms. The lowest BCUT2D eigenvalue weighted by Gasteiger charge is -2.37. The van der Waals surface area contributed by atoms with Crippen molar-refractivity contribution in [2.45, 2.75) is 31.8 Å². The molecular formula is C32H29N3O6. The predicted octanol–water partition coefficient (Wildman–Crippen LogP) is 4.34. The highest BCUT2D eigenvalue weighted by atomic mass is 16.7. The first-order chi connectivity index (χ1) is 20.0. The molecule has 2 aliphatic heterocycles. The van der Waals surface area contributed by atoms with Gasteiger partial charge in [0.1, 0.15) is 12.6 Å². The van der Waals surface area contributed by atoms with Gasteiger partial charge in [-0.1, -0.05) is 54.6 Å². The number of amides is 3. The Morgan fingerprint density at radius 1 is 0.951 bits per heavy atom. The van der Waals surface area contributed by atoms with E-state index >= 15 is 0 Å². The molecule has 2 heterocycles. The molecule has 3 aromatic carbocycles. The minimum absolute atomic E-state index is 0.115. The number of nitrogens with zero attached hydrogens (tertiary/aromatic N) is 2. The molecule has 41 heavy (non-hydrogen) atoms. The Morgan fingerprint density at radius 2 is 1.73 bits per heavy atom. The molecule has 0 saturated heterocycles. The summed E-state index contributed by atoms with van der Waals surface area (Å²) in [4.78, 5) is 56.5. The van der Waals surface area contributed by atoms with E-state index < -0.39 is 23.6 Å².